The first-order valence-corrected chi connectivity index (χ1v) is 11.4. The van der Waals surface area contributed by atoms with Crippen LogP contribution in [0.3, 0.4) is 0 Å². The van der Waals surface area contributed by atoms with Gasteiger partial charge >= 0.3 is 0 Å². The van der Waals surface area contributed by atoms with E-state index in [1.54, 1.807) is 12.1 Å². The molecule has 4 aromatic rings. The molecule has 4 rings (SSSR count). The van der Waals surface area contributed by atoms with Crippen LogP contribution < -0.4 is 5.32 Å². The zero-order chi connectivity index (χ0) is 23.4. The van der Waals surface area contributed by atoms with Gasteiger partial charge in [0.05, 0.1) is 16.6 Å². The zero-order valence-electron chi connectivity index (χ0n) is 19.4. The maximum Gasteiger partial charge on any atom is 0.254 e. The number of aryl methyl sites for hydroxylation is 1. The summed E-state index contributed by atoms with van der Waals surface area (Å²) in [6, 6.07) is 23.0. The number of halogens is 1. The van der Waals surface area contributed by atoms with E-state index in [-0.39, 0.29) is 16.9 Å². The fourth-order valence-corrected chi connectivity index (χ4v) is 3.97. The first-order chi connectivity index (χ1) is 15.8. The van der Waals surface area contributed by atoms with Gasteiger partial charge < -0.3 is 9.88 Å². The lowest BCUT2D eigenvalue weighted by molar-refractivity contribution is 0.0949. The van der Waals surface area contributed by atoms with Crippen LogP contribution in [0.1, 0.15) is 54.5 Å². The van der Waals surface area contributed by atoms with Crippen molar-refractivity contribution in [3.05, 3.63) is 101 Å². The summed E-state index contributed by atoms with van der Waals surface area (Å²) in [5, 5.41) is 2.82. The van der Waals surface area contributed by atoms with Gasteiger partial charge in [0.25, 0.3) is 5.91 Å². The average molecular weight is 444 g/mol. The van der Waals surface area contributed by atoms with Gasteiger partial charge in [0.2, 0.25) is 0 Å². The van der Waals surface area contributed by atoms with Crippen LogP contribution in [0.15, 0.2) is 72.8 Å². The summed E-state index contributed by atoms with van der Waals surface area (Å²) in [6.07, 6.45) is 1.43. The highest BCUT2D eigenvalue weighted by atomic mass is 19.1. The summed E-state index contributed by atoms with van der Waals surface area (Å²) < 4.78 is 16.1. The smallest absolute Gasteiger partial charge is 0.254 e. The predicted molar refractivity (Wildman–Crippen MR) is 131 cm³/mol. The number of fused-ring (bicyclic) bond motifs is 1. The highest BCUT2D eigenvalue weighted by Gasteiger charge is 2.15. The summed E-state index contributed by atoms with van der Waals surface area (Å²) >= 11 is 0. The molecule has 0 aliphatic carbocycles. The Morgan fingerprint density at radius 3 is 2.39 bits per heavy atom. The van der Waals surface area contributed by atoms with Crippen molar-refractivity contribution < 1.29 is 9.18 Å². The van der Waals surface area contributed by atoms with Gasteiger partial charge in [-0.2, -0.15) is 0 Å². The molecule has 4 nitrogen and oxygen atoms in total. The van der Waals surface area contributed by atoms with Crippen molar-refractivity contribution in [1.29, 1.82) is 0 Å². The van der Waals surface area contributed by atoms with Crippen LogP contribution in [0.5, 0.6) is 0 Å². The molecule has 3 aromatic carbocycles. The Morgan fingerprint density at radius 2 is 1.67 bits per heavy atom. The second-order valence-corrected chi connectivity index (χ2v) is 9.39. The maximum absolute atomic E-state index is 13.8. The van der Waals surface area contributed by atoms with E-state index in [2.05, 4.69) is 61.0 Å². The van der Waals surface area contributed by atoms with Crippen molar-refractivity contribution in [2.24, 2.45) is 0 Å². The normalized spacial score (nSPS) is 11.6. The van der Waals surface area contributed by atoms with E-state index in [9.17, 15) is 9.18 Å². The van der Waals surface area contributed by atoms with Crippen LogP contribution in [0.4, 0.5) is 4.39 Å². The number of imidazole rings is 1. The first kappa shape index (κ1) is 22.7. The van der Waals surface area contributed by atoms with Gasteiger partial charge in [-0.25, -0.2) is 9.37 Å². The molecule has 1 amide bonds. The molecule has 0 bridgehead atoms. The average Bonchev–Trinajstić information content (AvgIpc) is 3.14. The molecule has 0 aliphatic heterocycles. The minimum atomic E-state index is -0.505. The summed E-state index contributed by atoms with van der Waals surface area (Å²) in [7, 11) is 0. The van der Waals surface area contributed by atoms with Crippen molar-refractivity contribution in [1.82, 2.24) is 14.9 Å². The van der Waals surface area contributed by atoms with Crippen LogP contribution in [-0.2, 0) is 18.4 Å². The van der Waals surface area contributed by atoms with Gasteiger partial charge in [0.15, 0.2) is 0 Å². The Morgan fingerprint density at radius 1 is 0.970 bits per heavy atom. The third-order valence-corrected chi connectivity index (χ3v) is 5.88. The van der Waals surface area contributed by atoms with Crippen LogP contribution in [0.2, 0.25) is 0 Å². The molecule has 0 saturated heterocycles. The van der Waals surface area contributed by atoms with Crippen LogP contribution in [0, 0.1) is 5.82 Å². The SMILES string of the molecule is CC(C)(C)c1ccc(Cn2c(CCCNC(=O)c3ccccc3F)nc3ccccc32)cc1. The minimum absolute atomic E-state index is 0.0726. The van der Waals surface area contributed by atoms with Crippen molar-refractivity contribution >= 4 is 16.9 Å². The van der Waals surface area contributed by atoms with E-state index in [4.69, 9.17) is 4.98 Å². The molecular formula is C28H30FN3O. The lowest BCUT2D eigenvalue weighted by atomic mass is 9.87. The molecular weight excluding hydrogens is 413 g/mol. The molecule has 0 spiro atoms. The number of hydrogen-bond acceptors (Lipinski definition) is 2. The molecule has 0 atom stereocenters. The second kappa shape index (κ2) is 9.57. The van der Waals surface area contributed by atoms with Gasteiger partial charge in [-0.1, -0.05) is 69.3 Å². The second-order valence-electron chi connectivity index (χ2n) is 9.39. The Balaban J connectivity index is 1.46. The van der Waals surface area contributed by atoms with Crippen molar-refractivity contribution in [2.75, 3.05) is 6.54 Å². The van der Waals surface area contributed by atoms with E-state index in [0.717, 1.165) is 23.4 Å². The number of nitrogens with one attached hydrogen (secondary N) is 1. The van der Waals surface area contributed by atoms with Crippen LogP contribution >= 0.6 is 0 Å². The van der Waals surface area contributed by atoms with Gasteiger partial charge in [-0.05, 0) is 47.2 Å². The summed E-state index contributed by atoms with van der Waals surface area (Å²) in [5.74, 6) is 0.0889. The molecule has 0 radical (unpaired) electrons. The summed E-state index contributed by atoms with van der Waals surface area (Å²) in [6.45, 7) is 7.84. The van der Waals surface area contributed by atoms with E-state index >= 15 is 0 Å². The molecule has 1 aromatic heterocycles. The quantitative estimate of drug-likeness (QED) is 0.362. The van der Waals surface area contributed by atoms with E-state index in [0.29, 0.717) is 19.4 Å². The Kier molecular flexibility index (Phi) is 6.59. The van der Waals surface area contributed by atoms with Crippen LogP contribution in [-0.4, -0.2) is 22.0 Å². The summed E-state index contributed by atoms with van der Waals surface area (Å²) in [4.78, 5) is 17.1. The molecule has 170 valence electrons. The van der Waals surface area contributed by atoms with Gasteiger partial charge in [-0.3, -0.25) is 4.79 Å². The Labute approximate surface area is 194 Å². The fraction of sp³-hybridized carbons (Fsp3) is 0.286. The zero-order valence-corrected chi connectivity index (χ0v) is 19.4. The highest BCUT2D eigenvalue weighted by Crippen LogP contribution is 2.24. The van der Waals surface area contributed by atoms with Crippen molar-refractivity contribution in [3.8, 4) is 0 Å². The van der Waals surface area contributed by atoms with E-state index < -0.39 is 5.82 Å². The molecule has 1 N–H and O–H groups in total. The molecule has 0 aliphatic rings. The van der Waals surface area contributed by atoms with Crippen molar-refractivity contribution in [3.63, 3.8) is 0 Å². The minimum Gasteiger partial charge on any atom is -0.352 e. The van der Waals surface area contributed by atoms with Crippen molar-refractivity contribution in [2.45, 2.75) is 45.6 Å². The molecule has 0 saturated carbocycles. The molecule has 1 heterocycles. The highest BCUT2D eigenvalue weighted by molar-refractivity contribution is 5.94. The number of para-hydroxylation sites is 2. The monoisotopic (exact) mass is 443 g/mol. The molecule has 0 fully saturated rings. The fourth-order valence-electron chi connectivity index (χ4n) is 3.97. The molecule has 0 unspecified atom stereocenters. The summed E-state index contributed by atoms with van der Waals surface area (Å²) in [5.41, 5.74) is 4.80. The standard InChI is InChI=1S/C28H30FN3O/c1-28(2,3)21-16-14-20(15-17-21)19-32-25-12-7-6-11-24(25)31-26(32)13-8-18-30-27(33)22-9-4-5-10-23(22)29/h4-7,9-12,14-17H,8,13,18-19H2,1-3H3,(H,30,33). The lowest BCUT2D eigenvalue weighted by Crippen LogP contribution is -2.25. The Hall–Kier alpha value is -3.47. The number of benzene rings is 3. The number of nitrogens with zero attached hydrogens (tertiary/aromatic N) is 2. The lowest BCUT2D eigenvalue weighted by Gasteiger charge is -2.19. The topological polar surface area (TPSA) is 46.9 Å². The molecule has 33 heavy (non-hydrogen) atoms. The number of carbonyl (C=O) groups excluding carboxylic acids is 1. The van der Waals surface area contributed by atoms with Gasteiger partial charge in [0, 0.05) is 19.5 Å². The van der Waals surface area contributed by atoms with E-state index in [1.165, 1.54) is 23.3 Å². The third kappa shape index (κ3) is 5.30. The Bertz CT molecular complexity index is 1250. The third-order valence-electron chi connectivity index (χ3n) is 5.88. The predicted octanol–water partition coefficient (Wildman–Crippen LogP) is 5.88. The number of amides is 1. The maximum atomic E-state index is 13.8. The number of carbonyl (C=O) groups is 1. The van der Waals surface area contributed by atoms with Gasteiger partial charge in [0.1, 0.15) is 11.6 Å². The number of rotatable bonds is 7. The van der Waals surface area contributed by atoms with Crippen LogP contribution in [0.25, 0.3) is 11.0 Å². The van der Waals surface area contributed by atoms with E-state index in [1.807, 2.05) is 18.2 Å². The molecule has 5 heteroatoms. The number of aromatic nitrogens is 2. The number of hydrogen-bond donors (Lipinski definition) is 1. The van der Waals surface area contributed by atoms with Gasteiger partial charge in [-0.15, -0.1) is 0 Å². The largest absolute Gasteiger partial charge is 0.352 e. The first-order valence-electron chi connectivity index (χ1n) is 11.4.